The van der Waals surface area contributed by atoms with Crippen LogP contribution in [0.2, 0.25) is 0 Å². The fraction of sp³-hybridized carbons (Fsp3) is 0.619. The summed E-state index contributed by atoms with van der Waals surface area (Å²) in [7, 11) is 0. The van der Waals surface area contributed by atoms with E-state index in [2.05, 4.69) is 27.4 Å². The zero-order valence-corrected chi connectivity index (χ0v) is 14.6. The minimum Gasteiger partial charge on any atom is -0.508 e. The van der Waals surface area contributed by atoms with Gasteiger partial charge in [0.05, 0.1) is 0 Å². The van der Waals surface area contributed by atoms with Crippen LogP contribution < -0.4 is 4.74 Å². The number of rotatable bonds is 0. The average molecular weight is 312 g/mol. The molecule has 0 bridgehead atoms. The molecule has 1 aromatic rings. The highest BCUT2D eigenvalue weighted by atomic mass is 16.5. The monoisotopic (exact) mass is 312 g/mol. The summed E-state index contributed by atoms with van der Waals surface area (Å²) in [6.45, 7) is 11.6. The summed E-state index contributed by atoms with van der Waals surface area (Å²) < 4.78 is 6.57. The topological polar surface area (TPSA) is 29.5 Å². The van der Waals surface area contributed by atoms with Crippen molar-refractivity contribution in [1.82, 2.24) is 0 Å². The zero-order valence-electron chi connectivity index (χ0n) is 14.6. The Morgan fingerprint density at radius 2 is 2.00 bits per heavy atom. The zero-order chi connectivity index (χ0) is 16.5. The van der Waals surface area contributed by atoms with E-state index < -0.39 is 0 Å². The summed E-state index contributed by atoms with van der Waals surface area (Å²) in [5.74, 6) is 1.90. The van der Waals surface area contributed by atoms with Gasteiger partial charge in [0.25, 0.3) is 0 Å². The predicted molar refractivity (Wildman–Crippen MR) is 92.8 cm³/mol. The first kappa shape index (κ1) is 15.1. The lowest BCUT2D eigenvalue weighted by Crippen LogP contribution is -2.63. The second-order valence-electron chi connectivity index (χ2n) is 8.69. The Balaban J connectivity index is 1.83. The molecule has 0 radical (unpaired) electrons. The van der Waals surface area contributed by atoms with Crippen molar-refractivity contribution in [3.8, 4) is 11.5 Å². The van der Waals surface area contributed by atoms with Crippen molar-refractivity contribution in [2.75, 3.05) is 0 Å². The Bertz CT molecular complexity index is 678. The summed E-state index contributed by atoms with van der Waals surface area (Å²) in [5, 5.41) is 9.89. The quantitative estimate of drug-likeness (QED) is 0.663. The Kier molecular flexibility index (Phi) is 2.99. The third kappa shape index (κ3) is 1.87. The van der Waals surface area contributed by atoms with Crippen LogP contribution in [0.1, 0.15) is 58.4 Å². The molecule has 0 aromatic heterocycles. The van der Waals surface area contributed by atoms with Crippen LogP contribution in [0.15, 0.2) is 30.4 Å². The van der Waals surface area contributed by atoms with E-state index >= 15 is 0 Å². The molecule has 0 spiro atoms. The van der Waals surface area contributed by atoms with Gasteiger partial charge >= 0.3 is 0 Å². The highest BCUT2D eigenvalue weighted by Crippen LogP contribution is 2.66. The molecule has 4 unspecified atom stereocenters. The molecule has 0 saturated heterocycles. The largest absolute Gasteiger partial charge is 0.508 e. The van der Waals surface area contributed by atoms with Gasteiger partial charge in [-0.15, -0.1) is 0 Å². The van der Waals surface area contributed by atoms with Crippen LogP contribution in [0.5, 0.6) is 11.5 Å². The molecule has 2 aliphatic carbocycles. The van der Waals surface area contributed by atoms with Crippen LogP contribution >= 0.6 is 0 Å². The van der Waals surface area contributed by atoms with Crippen molar-refractivity contribution in [2.24, 2.45) is 16.7 Å². The molecule has 2 heteroatoms. The molecule has 1 aromatic carbocycles. The van der Waals surface area contributed by atoms with Gasteiger partial charge in [-0.3, -0.25) is 0 Å². The summed E-state index contributed by atoms with van der Waals surface area (Å²) in [4.78, 5) is 0. The van der Waals surface area contributed by atoms with Crippen LogP contribution in [0.4, 0.5) is 0 Å². The maximum Gasteiger partial charge on any atom is 0.123 e. The molecule has 1 heterocycles. The third-order valence-corrected chi connectivity index (χ3v) is 7.58. The number of allylic oxidation sites excluding steroid dienone is 1. The van der Waals surface area contributed by atoms with E-state index in [9.17, 15) is 5.11 Å². The Morgan fingerprint density at radius 3 is 2.78 bits per heavy atom. The van der Waals surface area contributed by atoms with Gasteiger partial charge in [-0.1, -0.05) is 26.0 Å². The van der Waals surface area contributed by atoms with Crippen molar-refractivity contribution in [1.29, 1.82) is 0 Å². The molecule has 4 rings (SSSR count). The van der Waals surface area contributed by atoms with Crippen LogP contribution in [0, 0.1) is 16.7 Å². The van der Waals surface area contributed by atoms with Crippen LogP contribution in [-0.4, -0.2) is 10.7 Å². The van der Waals surface area contributed by atoms with Gasteiger partial charge in [-0.25, -0.2) is 0 Å². The number of ether oxygens (including phenoxy) is 1. The number of benzene rings is 1. The van der Waals surface area contributed by atoms with Crippen LogP contribution in [0.25, 0.3) is 0 Å². The number of phenols is 1. The number of hydrogen-bond donors (Lipinski definition) is 1. The van der Waals surface area contributed by atoms with Gasteiger partial charge in [-0.2, -0.15) is 0 Å². The third-order valence-electron chi connectivity index (χ3n) is 7.58. The highest BCUT2D eigenvalue weighted by molar-refractivity contribution is 5.44. The first-order valence-corrected chi connectivity index (χ1v) is 8.98. The van der Waals surface area contributed by atoms with Gasteiger partial charge in [0, 0.05) is 5.41 Å². The van der Waals surface area contributed by atoms with E-state index in [0.717, 1.165) is 24.2 Å². The summed E-state index contributed by atoms with van der Waals surface area (Å²) in [6.07, 6.45) is 6.93. The van der Waals surface area contributed by atoms with Crippen LogP contribution in [-0.2, 0) is 6.42 Å². The van der Waals surface area contributed by atoms with Gasteiger partial charge < -0.3 is 9.84 Å². The van der Waals surface area contributed by atoms with E-state index in [1.807, 2.05) is 12.1 Å². The van der Waals surface area contributed by atoms with Crippen LogP contribution in [0.3, 0.4) is 0 Å². The van der Waals surface area contributed by atoms with Gasteiger partial charge in [0.15, 0.2) is 0 Å². The molecule has 124 valence electrons. The van der Waals surface area contributed by atoms with Crippen molar-refractivity contribution >= 4 is 0 Å². The maximum atomic E-state index is 9.89. The smallest absolute Gasteiger partial charge is 0.123 e. The van der Waals surface area contributed by atoms with Crippen molar-refractivity contribution in [3.05, 3.63) is 35.9 Å². The molecule has 3 aliphatic rings. The van der Waals surface area contributed by atoms with Crippen molar-refractivity contribution in [2.45, 2.75) is 64.9 Å². The molecule has 2 saturated carbocycles. The minimum absolute atomic E-state index is 0.0875. The lowest BCUT2D eigenvalue weighted by atomic mass is 9.44. The number of fused-ring (bicyclic) bond motifs is 4. The van der Waals surface area contributed by atoms with E-state index in [1.54, 1.807) is 6.07 Å². The highest BCUT2D eigenvalue weighted by Gasteiger charge is 2.63. The van der Waals surface area contributed by atoms with Gasteiger partial charge in [0.1, 0.15) is 17.1 Å². The number of aromatic hydroxyl groups is 1. The fourth-order valence-corrected chi connectivity index (χ4v) is 5.81. The lowest BCUT2D eigenvalue weighted by Gasteiger charge is -2.64. The minimum atomic E-state index is -0.126. The number of phenolic OH excluding ortho intramolecular Hbond substituents is 1. The van der Waals surface area contributed by atoms with Crippen molar-refractivity contribution in [3.63, 3.8) is 0 Å². The first-order valence-electron chi connectivity index (χ1n) is 8.98. The fourth-order valence-electron chi connectivity index (χ4n) is 5.81. The summed E-state index contributed by atoms with van der Waals surface area (Å²) >= 11 is 0. The molecule has 1 aliphatic heterocycles. The second-order valence-corrected chi connectivity index (χ2v) is 8.69. The van der Waals surface area contributed by atoms with Gasteiger partial charge in [-0.05, 0) is 80.5 Å². The second kappa shape index (κ2) is 4.55. The maximum absolute atomic E-state index is 9.89. The first-order chi connectivity index (χ1) is 10.8. The molecular weight excluding hydrogens is 284 g/mol. The Morgan fingerprint density at radius 1 is 1.22 bits per heavy atom. The predicted octanol–water partition coefficient (Wildman–Crippen LogP) is 5.25. The normalized spacial score (nSPS) is 42.2. The lowest BCUT2D eigenvalue weighted by molar-refractivity contribution is -0.162. The molecule has 1 N–H and O–H groups in total. The van der Waals surface area contributed by atoms with Gasteiger partial charge in [0.2, 0.25) is 0 Å². The standard InChI is InChI=1S/C21H28O2/c1-14-6-5-7-18-19(14,2)10-11-21(4)20(18,3)13-15-12-16(22)8-9-17(15)23-21/h8-9,12,18,22H,1,5-7,10-11,13H2,2-4H3. The molecule has 4 atom stereocenters. The summed E-state index contributed by atoms with van der Waals surface area (Å²) in [6, 6.07) is 5.56. The molecular formula is C21H28O2. The molecule has 2 nitrogen and oxygen atoms in total. The van der Waals surface area contributed by atoms with E-state index in [0.29, 0.717) is 11.7 Å². The molecule has 2 fully saturated rings. The average Bonchev–Trinajstić information content (AvgIpc) is 2.49. The molecule has 23 heavy (non-hydrogen) atoms. The Hall–Kier alpha value is -1.44. The summed E-state index contributed by atoms with van der Waals surface area (Å²) in [5.41, 5.74) is 2.80. The van der Waals surface area contributed by atoms with E-state index in [1.165, 1.54) is 31.3 Å². The Labute approximate surface area is 139 Å². The number of hydrogen-bond acceptors (Lipinski definition) is 2. The molecule has 0 amide bonds. The van der Waals surface area contributed by atoms with E-state index in [-0.39, 0.29) is 16.4 Å². The van der Waals surface area contributed by atoms with Crippen molar-refractivity contribution < 1.29 is 9.84 Å². The van der Waals surface area contributed by atoms with E-state index in [4.69, 9.17) is 4.74 Å². The SMILES string of the molecule is C=C1CCCC2C1(C)CCC1(C)Oc3ccc(O)cc3CC21C.